The largest absolute Gasteiger partial charge is 0.393 e. The van der Waals surface area contributed by atoms with Gasteiger partial charge in [0.1, 0.15) is 8.24 Å². The van der Waals surface area contributed by atoms with Crippen LogP contribution in [0.1, 0.15) is 12.8 Å². The smallest absolute Gasteiger partial charge is 0.354 e. The van der Waals surface area contributed by atoms with Gasteiger partial charge in [-0.3, -0.25) is 9.13 Å². The Bertz CT molecular complexity index is 776. The van der Waals surface area contributed by atoms with Crippen LogP contribution in [-0.2, 0) is 30.4 Å². The maximum atomic E-state index is 15.6. The molecule has 0 atom stereocenters. The van der Waals surface area contributed by atoms with Gasteiger partial charge in [-0.1, -0.05) is 19.6 Å². The minimum Gasteiger partial charge on any atom is -0.393 e. The van der Waals surface area contributed by atoms with Crippen molar-refractivity contribution < 1.29 is 30.4 Å². The predicted molar refractivity (Wildman–Crippen MR) is 181 cm³/mol. The van der Waals surface area contributed by atoms with Gasteiger partial charge in [-0.05, 0) is 111 Å². The van der Waals surface area contributed by atoms with Crippen LogP contribution in [0.4, 0.5) is 0 Å². The summed E-state index contributed by atoms with van der Waals surface area (Å²) in [7, 11) is -22.5. The van der Waals surface area contributed by atoms with E-state index in [1.165, 1.54) is 0 Å². The van der Waals surface area contributed by atoms with Crippen molar-refractivity contribution in [2.45, 2.75) is 136 Å². The third-order valence-electron chi connectivity index (χ3n) is 4.24. The Kier molecular flexibility index (Phi) is 13.5. The van der Waals surface area contributed by atoms with Crippen LogP contribution in [-0.4, -0.2) is 61.5 Å². The molecular weight excluding hydrogens is 621 g/mol. The SMILES string of the molecule is C[Si](C)(C)NCCCC(O[Si](C)(C)C)(P(=O)(O[Si](C)(C)C)O[Si](C)(C)C)P(=O)(O[Si](C)(C)C)O[Si](C)(C)C. The first-order chi connectivity index (χ1) is 16.2. The highest BCUT2D eigenvalue weighted by Gasteiger charge is 2.70. The molecule has 0 amide bonds. The van der Waals surface area contributed by atoms with Crippen molar-refractivity contribution in [2.24, 2.45) is 0 Å². The van der Waals surface area contributed by atoms with Gasteiger partial charge in [-0.15, -0.1) is 0 Å². The van der Waals surface area contributed by atoms with E-state index in [1.54, 1.807) is 0 Å². The van der Waals surface area contributed by atoms with Gasteiger partial charge in [0.2, 0.25) is 0 Å². The summed E-state index contributed by atoms with van der Waals surface area (Å²) >= 11 is 0. The second-order valence-corrected chi connectivity index (χ2v) is 48.9. The van der Waals surface area contributed by atoms with Crippen molar-refractivity contribution in [3.05, 3.63) is 0 Å². The zero-order chi connectivity index (χ0) is 30.9. The summed E-state index contributed by atoms with van der Waals surface area (Å²) in [6.45, 7) is 37.1. The predicted octanol–water partition coefficient (Wildman–Crippen LogP) is 9.49. The lowest BCUT2D eigenvalue weighted by Crippen LogP contribution is -2.50. The second-order valence-electron chi connectivity index (χ2n) is 16.0. The molecule has 16 heteroatoms. The number of hydrogen-bond donors (Lipinski definition) is 1. The molecule has 0 unspecified atom stereocenters. The second kappa shape index (κ2) is 13.0. The lowest BCUT2D eigenvalue weighted by molar-refractivity contribution is 0.143. The van der Waals surface area contributed by atoms with Crippen molar-refractivity contribution in [3.8, 4) is 0 Å². The van der Waals surface area contributed by atoms with E-state index in [-0.39, 0.29) is 6.42 Å². The van der Waals surface area contributed by atoms with Crippen LogP contribution in [0, 0.1) is 0 Å². The maximum Gasteiger partial charge on any atom is 0.354 e. The minimum atomic E-state index is -4.22. The number of rotatable bonds is 17. The van der Waals surface area contributed by atoms with Crippen LogP contribution < -0.4 is 4.98 Å². The Labute approximate surface area is 241 Å². The molecule has 8 nitrogen and oxygen atoms in total. The van der Waals surface area contributed by atoms with Gasteiger partial charge in [0.05, 0.1) is 0 Å². The molecule has 0 saturated heterocycles. The van der Waals surface area contributed by atoms with E-state index in [2.05, 4.69) is 24.6 Å². The fraction of sp³-hybridized carbons (Fsp3) is 1.00. The molecule has 0 aromatic heterocycles. The molecule has 0 spiro atoms. The average molecular weight is 682 g/mol. The topological polar surface area (TPSA) is 92.3 Å². The lowest BCUT2D eigenvalue weighted by Gasteiger charge is -2.50. The molecule has 0 aromatic carbocycles. The molecule has 1 N–H and O–H groups in total. The van der Waals surface area contributed by atoms with Gasteiger partial charge in [0.15, 0.2) is 41.6 Å². The first kappa shape index (κ1) is 39.5. The standard InChI is InChI=1S/C22H61NO7P2Si6/c1-33(2,3)23-21-19-20-22(26-34(4,5)6,31(24,27-35(7,8)9)28-36(10,11)12)32(25,29-37(13,14)15)30-38(16,17)18/h23H,19-21H2,1-18H3. The van der Waals surface area contributed by atoms with Crippen LogP contribution in [0.3, 0.4) is 0 Å². The average Bonchev–Trinajstić information content (AvgIpc) is 2.47. The van der Waals surface area contributed by atoms with E-state index in [0.29, 0.717) is 13.0 Å². The summed E-state index contributed by atoms with van der Waals surface area (Å²) in [5.41, 5.74) is 0. The normalized spacial score (nSPS) is 15.7. The van der Waals surface area contributed by atoms with E-state index in [4.69, 9.17) is 21.3 Å². The highest BCUT2D eigenvalue weighted by molar-refractivity contribution is 7.76. The molecular formula is C22H61NO7P2Si6. The van der Waals surface area contributed by atoms with Crippen molar-refractivity contribution in [2.75, 3.05) is 6.54 Å². The molecule has 0 heterocycles. The highest BCUT2D eigenvalue weighted by atomic mass is 31.2. The lowest BCUT2D eigenvalue weighted by atomic mass is 10.3. The van der Waals surface area contributed by atoms with E-state index in [9.17, 15) is 0 Å². The van der Waals surface area contributed by atoms with Gasteiger partial charge in [0, 0.05) is 6.42 Å². The van der Waals surface area contributed by atoms with E-state index in [1.807, 2.05) is 98.2 Å². The van der Waals surface area contributed by atoms with Crippen molar-refractivity contribution in [1.29, 1.82) is 0 Å². The number of hydrogen-bond acceptors (Lipinski definition) is 8. The Balaban J connectivity index is 7.72. The molecule has 0 aromatic rings. The van der Waals surface area contributed by atoms with Crippen LogP contribution in [0.5, 0.6) is 0 Å². The molecule has 0 fully saturated rings. The molecule has 0 bridgehead atoms. The summed E-state index contributed by atoms with van der Waals surface area (Å²) in [6.07, 6.45) is 0.754. The van der Waals surface area contributed by atoms with E-state index in [0.717, 1.165) is 0 Å². The van der Waals surface area contributed by atoms with Crippen LogP contribution in [0.25, 0.3) is 0 Å². The summed E-state index contributed by atoms with van der Waals surface area (Å²) in [5, 5.41) is -1.85. The fourth-order valence-corrected chi connectivity index (χ4v) is 26.5. The van der Waals surface area contributed by atoms with E-state index < -0.39 is 70.1 Å². The molecule has 230 valence electrons. The van der Waals surface area contributed by atoms with Gasteiger partial charge < -0.3 is 26.3 Å². The number of nitrogens with one attached hydrogen (secondary N) is 1. The van der Waals surface area contributed by atoms with Crippen molar-refractivity contribution >= 4 is 65.0 Å². The monoisotopic (exact) mass is 681 g/mol. The highest BCUT2D eigenvalue weighted by Crippen LogP contribution is 2.82. The summed E-state index contributed by atoms with van der Waals surface area (Å²) in [6, 6.07) is 0. The molecule has 0 rings (SSSR count). The third kappa shape index (κ3) is 14.6. The zero-order valence-electron chi connectivity index (χ0n) is 27.9. The van der Waals surface area contributed by atoms with Crippen molar-refractivity contribution in [3.63, 3.8) is 0 Å². The minimum absolute atomic E-state index is 0.188. The van der Waals surface area contributed by atoms with Crippen LogP contribution >= 0.6 is 15.2 Å². The fourth-order valence-electron chi connectivity index (χ4n) is 3.62. The molecule has 0 radical (unpaired) electrons. The quantitative estimate of drug-likeness (QED) is 0.0922. The summed E-state index contributed by atoms with van der Waals surface area (Å²) in [5.74, 6) is 0. The first-order valence-electron chi connectivity index (χ1n) is 13.7. The molecule has 0 aliphatic heterocycles. The van der Waals surface area contributed by atoms with Gasteiger partial charge >= 0.3 is 15.2 Å². The van der Waals surface area contributed by atoms with Gasteiger partial charge in [-0.2, -0.15) is 0 Å². The van der Waals surface area contributed by atoms with Crippen LogP contribution in [0.2, 0.25) is 118 Å². The molecule has 0 aliphatic rings. The molecule has 0 aliphatic carbocycles. The van der Waals surface area contributed by atoms with Gasteiger partial charge in [0.25, 0.3) is 5.08 Å². The summed E-state index contributed by atoms with van der Waals surface area (Å²) in [4.78, 5) is 3.64. The van der Waals surface area contributed by atoms with Crippen molar-refractivity contribution in [1.82, 2.24) is 4.98 Å². The maximum absolute atomic E-state index is 15.6. The summed E-state index contributed by atoms with van der Waals surface area (Å²) < 4.78 is 64.4. The Morgan fingerprint density at radius 3 is 1.03 bits per heavy atom. The van der Waals surface area contributed by atoms with Gasteiger partial charge in [-0.25, -0.2) is 0 Å². The molecule has 38 heavy (non-hydrogen) atoms. The Hall–Kier alpha value is 1.52. The third-order valence-corrected chi connectivity index (χ3v) is 23.3. The Morgan fingerprint density at radius 1 is 0.526 bits per heavy atom. The first-order valence-corrected chi connectivity index (χ1v) is 37.4. The Morgan fingerprint density at radius 2 is 0.816 bits per heavy atom. The van der Waals surface area contributed by atoms with E-state index >= 15 is 9.13 Å². The zero-order valence-corrected chi connectivity index (χ0v) is 35.7. The van der Waals surface area contributed by atoms with Crippen LogP contribution in [0.15, 0.2) is 0 Å². The molecule has 0 saturated carbocycles.